The van der Waals surface area contributed by atoms with Gasteiger partial charge in [0.15, 0.2) is 15.6 Å². The van der Waals surface area contributed by atoms with Crippen LogP contribution in [0.4, 0.5) is 34.6 Å². The lowest BCUT2D eigenvalue weighted by Gasteiger charge is -2.15. The minimum Gasteiger partial charge on any atom is -0.505 e. The summed E-state index contributed by atoms with van der Waals surface area (Å²) in [4.78, 5) is 9.45. The van der Waals surface area contributed by atoms with E-state index >= 15 is 0 Å². The van der Waals surface area contributed by atoms with E-state index < -0.39 is 107 Å². The van der Waals surface area contributed by atoms with E-state index in [0.717, 1.165) is 24.3 Å². The Bertz CT molecular complexity index is 2730. The van der Waals surface area contributed by atoms with Gasteiger partial charge in [-0.15, -0.1) is 10.2 Å². The second-order valence-corrected chi connectivity index (χ2v) is 16.8. The van der Waals surface area contributed by atoms with Crippen LogP contribution in [0.5, 0.6) is 11.8 Å². The number of aliphatic hydroxyl groups is 1. The third-order valence-corrected chi connectivity index (χ3v) is 11.3. The minimum atomic E-state index is -5.28. The van der Waals surface area contributed by atoms with Crippen molar-refractivity contribution in [2.75, 3.05) is 30.1 Å². The van der Waals surface area contributed by atoms with E-state index in [9.17, 15) is 52.4 Å². The van der Waals surface area contributed by atoms with Crippen LogP contribution in [0.1, 0.15) is 0 Å². The first-order valence-corrected chi connectivity index (χ1v) is 20.2. The Morgan fingerprint density at radius 1 is 0.717 bits per heavy atom. The summed E-state index contributed by atoms with van der Waals surface area (Å²) in [5.74, 6) is -2.18. The zero-order chi connectivity index (χ0) is 38.9. The Morgan fingerprint density at radius 2 is 1.34 bits per heavy atom. The van der Waals surface area contributed by atoms with E-state index in [4.69, 9.17) is 9.84 Å². The lowest BCUT2D eigenvalue weighted by atomic mass is 10.1. The second-order valence-electron chi connectivity index (χ2n) is 10.5. The minimum absolute atomic E-state index is 0.0724. The van der Waals surface area contributed by atoms with Crippen LogP contribution in [0.2, 0.25) is 0 Å². The van der Waals surface area contributed by atoms with Crippen molar-refractivity contribution in [3.8, 4) is 11.8 Å². The topological polar surface area (TPSA) is 334 Å². The fourth-order valence-electron chi connectivity index (χ4n) is 4.66. The van der Waals surface area contributed by atoms with Crippen molar-refractivity contribution in [1.29, 1.82) is 0 Å². The highest BCUT2D eigenvalue weighted by molar-refractivity contribution is 7.91. The van der Waals surface area contributed by atoms with Crippen LogP contribution in [-0.2, 0) is 40.2 Å². The molecule has 5 rings (SSSR count). The molecule has 53 heavy (non-hydrogen) atoms. The first-order chi connectivity index (χ1) is 24.7. The molecule has 0 aliphatic carbocycles. The smallest absolute Gasteiger partial charge is 0.322 e. The molecule has 0 aliphatic rings. The largest absolute Gasteiger partial charge is 0.505 e. The van der Waals surface area contributed by atoms with E-state index in [0.29, 0.717) is 6.07 Å². The summed E-state index contributed by atoms with van der Waals surface area (Å²) in [7, 11) is -17.7. The lowest BCUT2D eigenvalue weighted by Crippen LogP contribution is -2.10. The number of rotatable bonds is 13. The number of phenols is 1. The van der Waals surface area contributed by atoms with Crippen LogP contribution in [0.25, 0.3) is 10.8 Å². The fraction of sp³-hybridized carbons (Fsp3) is 0.107. The Balaban J connectivity index is 1.67. The molecule has 0 bridgehead atoms. The third-order valence-electron chi connectivity index (χ3n) is 6.97. The predicted molar refractivity (Wildman–Crippen MR) is 184 cm³/mol. The highest BCUT2D eigenvalue weighted by Crippen LogP contribution is 2.46. The van der Waals surface area contributed by atoms with Crippen LogP contribution in [-0.4, -0.2) is 92.0 Å². The molecule has 1 heterocycles. The van der Waals surface area contributed by atoms with E-state index in [2.05, 4.69) is 35.8 Å². The van der Waals surface area contributed by atoms with E-state index in [1.54, 1.807) is 0 Å². The quantitative estimate of drug-likeness (QED) is 0.0663. The first kappa shape index (κ1) is 38.8. The molecule has 1 aromatic heterocycles. The summed E-state index contributed by atoms with van der Waals surface area (Å²) >= 11 is 0. The Labute approximate surface area is 300 Å². The van der Waals surface area contributed by atoms with E-state index in [1.807, 2.05) is 0 Å². The van der Waals surface area contributed by atoms with Gasteiger partial charge in [-0.2, -0.15) is 40.2 Å². The zero-order valence-electron chi connectivity index (χ0n) is 26.5. The maximum atomic E-state index is 12.4. The highest BCUT2D eigenvalue weighted by Gasteiger charge is 2.26. The number of anilines is 4. The fourth-order valence-corrected chi connectivity index (χ4v) is 7.51. The first-order valence-electron chi connectivity index (χ1n) is 14.3. The average molecular weight is 812 g/mol. The van der Waals surface area contributed by atoms with Gasteiger partial charge in [0, 0.05) is 11.1 Å². The predicted octanol–water partition coefficient (Wildman–Crippen LogP) is 3.15. The van der Waals surface area contributed by atoms with Gasteiger partial charge in [-0.3, -0.25) is 13.7 Å². The SMILES string of the molecule is COc1nc(Nc2ccc(S(=O)(=O)CCO)cc2)nc(Nc2cc(S(=O)(=O)O)cc3cc(S(=O)(=O)O)c(N=Nc4ccccc4S(=O)(=O)O)c(O)c23)n1. The zero-order valence-corrected chi connectivity index (χ0v) is 29.8. The molecular formula is C28H25N7O14S4. The number of methoxy groups -OCH3 is 1. The molecule has 280 valence electrons. The molecule has 7 N–H and O–H groups in total. The van der Waals surface area contributed by atoms with Gasteiger partial charge in [-0.1, -0.05) is 12.1 Å². The maximum Gasteiger partial charge on any atom is 0.322 e. The lowest BCUT2D eigenvalue weighted by molar-refractivity contribution is 0.319. The van der Waals surface area contributed by atoms with Crippen molar-refractivity contribution < 1.29 is 62.3 Å². The van der Waals surface area contributed by atoms with Gasteiger partial charge in [0.25, 0.3) is 30.4 Å². The van der Waals surface area contributed by atoms with Gasteiger partial charge in [0.1, 0.15) is 21.2 Å². The second kappa shape index (κ2) is 14.5. The third kappa shape index (κ3) is 8.80. The van der Waals surface area contributed by atoms with Crippen LogP contribution in [0, 0.1) is 0 Å². The molecule has 0 fully saturated rings. The van der Waals surface area contributed by atoms with Crippen molar-refractivity contribution in [3.63, 3.8) is 0 Å². The number of sulfone groups is 1. The molecule has 21 nitrogen and oxygen atoms in total. The molecule has 0 spiro atoms. The monoisotopic (exact) mass is 811 g/mol. The Morgan fingerprint density at radius 3 is 1.92 bits per heavy atom. The van der Waals surface area contributed by atoms with Crippen molar-refractivity contribution in [1.82, 2.24) is 15.0 Å². The molecule has 0 atom stereocenters. The number of aromatic hydroxyl groups is 1. The molecule has 0 radical (unpaired) electrons. The summed E-state index contributed by atoms with van der Waals surface area (Å²) < 4.78 is 132. The number of fused-ring (bicyclic) bond motifs is 1. The molecular weight excluding hydrogens is 787 g/mol. The maximum absolute atomic E-state index is 12.4. The summed E-state index contributed by atoms with van der Waals surface area (Å²) in [5, 5.41) is 32.3. The number of nitrogens with one attached hydrogen (secondary N) is 2. The van der Waals surface area contributed by atoms with Crippen molar-refractivity contribution >= 4 is 85.6 Å². The molecule has 5 aromatic rings. The average Bonchev–Trinajstić information content (AvgIpc) is 3.06. The standard InChI is InChI=1S/C28H25N7O14S4/c1-49-28-32-26(29-16-6-8-17(9-7-16)50(38,39)11-10-36)31-27(33-28)30-20-14-18(51(40,41)42)12-15-13-22(53(46,47)48)24(25(37)23(15)20)35-34-19-4-2-3-5-21(19)52(43,44)45/h2-9,12-14,36-37H,10-11H2,1H3,(H,40,41,42)(H,43,44,45)(H,46,47,48)(H2,29,30,31,32,33). The summed E-state index contributed by atoms with van der Waals surface area (Å²) in [6, 6.07) is 11.7. The molecule has 0 amide bonds. The van der Waals surface area contributed by atoms with Crippen LogP contribution >= 0.6 is 0 Å². The molecule has 0 saturated heterocycles. The van der Waals surface area contributed by atoms with Crippen molar-refractivity contribution in [2.45, 2.75) is 19.6 Å². The van der Waals surface area contributed by atoms with E-state index in [-0.39, 0.29) is 22.5 Å². The van der Waals surface area contributed by atoms with Gasteiger partial charge in [-0.05, 0) is 60.0 Å². The summed E-state index contributed by atoms with van der Waals surface area (Å²) in [6.07, 6.45) is 0. The van der Waals surface area contributed by atoms with Crippen LogP contribution < -0.4 is 15.4 Å². The summed E-state index contributed by atoms with van der Waals surface area (Å²) in [6.45, 7) is -0.582. The van der Waals surface area contributed by atoms with Crippen LogP contribution in [0.15, 0.2) is 96.5 Å². The Hall–Kier alpha value is -5.41. The van der Waals surface area contributed by atoms with Crippen LogP contribution in [0.3, 0.4) is 0 Å². The molecule has 0 saturated carbocycles. The number of nitrogens with zero attached hydrogens (tertiary/aromatic N) is 5. The number of benzene rings is 4. The number of hydrogen-bond acceptors (Lipinski definition) is 18. The van der Waals surface area contributed by atoms with Gasteiger partial charge in [0.05, 0.1) is 34.9 Å². The van der Waals surface area contributed by atoms with Gasteiger partial charge in [0.2, 0.25) is 11.9 Å². The number of aromatic nitrogens is 3. The molecule has 0 aliphatic heterocycles. The Kier molecular flexibility index (Phi) is 10.7. The number of ether oxygens (including phenoxy) is 1. The number of hydrogen-bond donors (Lipinski definition) is 7. The number of azo groups is 1. The van der Waals surface area contributed by atoms with E-state index in [1.165, 1.54) is 43.5 Å². The normalized spacial score (nSPS) is 12.6. The molecule has 25 heteroatoms. The summed E-state index contributed by atoms with van der Waals surface area (Å²) in [5.41, 5.74) is -1.61. The molecule has 0 unspecified atom stereocenters. The van der Waals surface area contributed by atoms with Gasteiger partial charge < -0.3 is 25.6 Å². The van der Waals surface area contributed by atoms with Gasteiger partial charge in [-0.25, -0.2) is 8.42 Å². The molecule has 4 aromatic carbocycles. The number of phenolic OH excluding ortho intramolecular Hbond substituents is 1. The van der Waals surface area contributed by atoms with Gasteiger partial charge >= 0.3 is 6.01 Å². The number of aliphatic hydroxyl groups excluding tert-OH is 1. The highest BCUT2D eigenvalue weighted by atomic mass is 32.2. The van der Waals surface area contributed by atoms with Crippen molar-refractivity contribution in [2.24, 2.45) is 10.2 Å². The van der Waals surface area contributed by atoms with Crippen molar-refractivity contribution in [3.05, 3.63) is 66.7 Å².